The van der Waals surface area contributed by atoms with Crippen LogP contribution in [0.1, 0.15) is 62.8 Å². The molecule has 35 heavy (non-hydrogen) atoms. The minimum Gasteiger partial charge on any atom is -0.393 e. The number of fused-ring (bicyclic) bond motifs is 6. The Morgan fingerprint density at radius 3 is 2.80 bits per heavy atom. The lowest BCUT2D eigenvalue weighted by Crippen LogP contribution is -2.62. The van der Waals surface area contributed by atoms with Gasteiger partial charge in [0, 0.05) is 5.41 Å². The normalized spacial score (nSPS) is 39.8. The standard InChI is InChI=1S/C29H36N2O4/c1-17-5-4-6-20(11-17)31-23-12-19-7-8-21-22-9-10-29(35,25(34)16-32)28(22,3)14-24(33)26(21)27(19,2)13-18(23)15-30-31/h4-6,11-12,15,21-22,24,26,32-33,35H,7-10,13-14,16H2,1-3H3/t21?,22?,24-,26?,27-,28-,29-/m0/s1. The molecule has 186 valence electrons. The van der Waals surface area contributed by atoms with E-state index in [9.17, 15) is 20.1 Å². The molecule has 6 heteroatoms. The Hall–Kier alpha value is -2.28. The summed E-state index contributed by atoms with van der Waals surface area (Å²) in [7, 11) is 0. The number of allylic oxidation sites excluding steroid dienone is 1. The van der Waals surface area contributed by atoms with Crippen LogP contribution in [0.2, 0.25) is 0 Å². The van der Waals surface area contributed by atoms with Gasteiger partial charge in [-0.2, -0.15) is 5.10 Å². The lowest BCUT2D eigenvalue weighted by Gasteiger charge is -2.60. The van der Waals surface area contributed by atoms with Crippen LogP contribution in [0.5, 0.6) is 0 Å². The van der Waals surface area contributed by atoms with E-state index in [1.807, 2.05) is 17.8 Å². The first-order chi connectivity index (χ1) is 16.6. The maximum absolute atomic E-state index is 12.6. The van der Waals surface area contributed by atoms with Gasteiger partial charge in [0.15, 0.2) is 5.78 Å². The maximum Gasteiger partial charge on any atom is 0.190 e. The van der Waals surface area contributed by atoms with Gasteiger partial charge in [-0.25, -0.2) is 4.68 Å². The number of aliphatic hydroxyl groups is 3. The molecule has 3 unspecified atom stereocenters. The highest BCUT2D eigenvalue weighted by atomic mass is 16.3. The van der Waals surface area contributed by atoms with Crippen molar-refractivity contribution in [3.05, 3.63) is 52.9 Å². The summed E-state index contributed by atoms with van der Waals surface area (Å²) in [4.78, 5) is 12.6. The zero-order valence-electron chi connectivity index (χ0n) is 20.9. The molecule has 0 bridgehead atoms. The predicted octanol–water partition coefficient (Wildman–Crippen LogP) is 3.63. The molecular weight excluding hydrogens is 440 g/mol. The summed E-state index contributed by atoms with van der Waals surface area (Å²) in [6.07, 6.45) is 7.93. The van der Waals surface area contributed by atoms with Crippen molar-refractivity contribution in [2.45, 2.75) is 71.0 Å². The van der Waals surface area contributed by atoms with Crippen LogP contribution >= 0.6 is 0 Å². The van der Waals surface area contributed by atoms with E-state index >= 15 is 0 Å². The van der Waals surface area contributed by atoms with Crippen molar-refractivity contribution >= 4 is 11.9 Å². The maximum atomic E-state index is 12.6. The Labute approximate surface area is 206 Å². The Morgan fingerprint density at radius 2 is 2.06 bits per heavy atom. The first kappa shape index (κ1) is 23.1. The Balaban J connectivity index is 1.37. The second-order valence-electron chi connectivity index (χ2n) is 12.1. The van der Waals surface area contributed by atoms with Gasteiger partial charge in [-0.3, -0.25) is 4.79 Å². The molecular formula is C29H36N2O4. The fraction of sp³-hybridized carbons (Fsp3) is 0.586. The highest BCUT2D eigenvalue weighted by molar-refractivity contribution is 5.89. The number of benzene rings is 1. The molecule has 4 aliphatic carbocycles. The molecule has 4 aliphatic rings. The lowest BCUT2D eigenvalue weighted by atomic mass is 9.45. The second-order valence-corrected chi connectivity index (χ2v) is 12.1. The molecule has 0 aliphatic heterocycles. The second kappa shape index (κ2) is 7.61. The molecule has 1 heterocycles. The van der Waals surface area contributed by atoms with Crippen LogP contribution in [-0.4, -0.2) is 49.2 Å². The van der Waals surface area contributed by atoms with Crippen molar-refractivity contribution < 1.29 is 20.1 Å². The SMILES string of the molecule is Cc1cccc(-n2ncc3c2C=C2CCC4C([C@@H](O)C[C@@]5(C)C4CC[C@]5(O)C(=O)CO)[C@@]2(C)C3)c1. The van der Waals surface area contributed by atoms with E-state index in [1.54, 1.807) is 0 Å². The van der Waals surface area contributed by atoms with Crippen molar-refractivity contribution in [1.82, 2.24) is 9.78 Å². The first-order valence-electron chi connectivity index (χ1n) is 13.0. The molecule has 3 saturated carbocycles. The molecule has 1 aromatic carbocycles. The van der Waals surface area contributed by atoms with Gasteiger partial charge < -0.3 is 15.3 Å². The number of rotatable bonds is 3. The highest BCUT2D eigenvalue weighted by Crippen LogP contribution is 2.67. The summed E-state index contributed by atoms with van der Waals surface area (Å²) in [5.41, 5.74) is 3.54. The van der Waals surface area contributed by atoms with Gasteiger partial charge in [-0.15, -0.1) is 0 Å². The molecule has 1 aromatic heterocycles. The average molecular weight is 477 g/mol. The van der Waals surface area contributed by atoms with Crippen LogP contribution in [0.4, 0.5) is 0 Å². The summed E-state index contributed by atoms with van der Waals surface area (Å²) >= 11 is 0. The van der Waals surface area contributed by atoms with Gasteiger partial charge >= 0.3 is 0 Å². The fourth-order valence-corrected chi connectivity index (χ4v) is 8.74. The van der Waals surface area contributed by atoms with Crippen LogP contribution in [0, 0.1) is 35.5 Å². The van der Waals surface area contributed by atoms with Crippen molar-refractivity contribution in [1.29, 1.82) is 0 Å². The van der Waals surface area contributed by atoms with Gasteiger partial charge in [0.1, 0.15) is 12.2 Å². The van der Waals surface area contributed by atoms with Crippen LogP contribution in [0.15, 0.2) is 36.0 Å². The van der Waals surface area contributed by atoms with E-state index in [-0.39, 0.29) is 23.2 Å². The smallest absolute Gasteiger partial charge is 0.190 e. The number of hydrogen-bond donors (Lipinski definition) is 3. The number of aromatic nitrogens is 2. The number of carbonyl (C=O) groups excluding carboxylic acids is 1. The van der Waals surface area contributed by atoms with Crippen molar-refractivity contribution in [2.24, 2.45) is 28.6 Å². The highest BCUT2D eigenvalue weighted by Gasteiger charge is 2.68. The molecule has 0 amide bonds. The Bertz CT molecular complexity index is 1230. The molecule has 0 saturated heterocycles. The minimum absolute atomic E-state index is 0.0719. The Morgan fingerprint density at radius 1 is 1.26 bits per heavy atom. The molecule has 0 radical (unpaired) electrons. The third-order valence-corrected chi connectivity index (χ3v) is 10.4. The summed E-state index contributed by atoms with van der Waals surface area (Å²) in [6.45, 7) is 5.71. The number of Topliss-reactive ketones (excluding diaryl/α,β-unsaturated/α-hetero) is 1. The molecule has 6 nitrogen and oxygen atoms in total. The van der Waals surface area contributed by atoms with E-state index in [1.165, 1.54) is 16.7 Å². The topological polar surface area (TPSA) is 95.6 Å². The van der Waals surface area contributed by atoms with Gasteiger partial charge in [-0.1, -0.05) is 31.6 Å². The molecule has 6 rings (SSSR count). The summed E-state index contributed by atoms with van der Waals surface area (Å²) < 4.78 is 2.03. The van der Waals surface area contributed by atoms with Crippen LogP contribution < -0.4 is 0 Å². The summed E-state index contributed by atoms with van der Waals surface area (Å²) in [5.74, 6) is -0.0322. The van der Waals surface area contributed by atoms with E-state index in [2.05, 4.69) is 44.2 Å². The predicted molar refractivity (Wildman–Crippen MR) is 133 cm³/mol. The molecule has 3 fully saturated rings. The largest absolute Gasteiger partial charge is 0.393 e. The van der Waals surface area contributed by atoms with Gasteiger partial charge in [0.25, 0.3) is 0 Å². The van der Waals surface area contributed by atoms with E-state index in [4.69, 9.17) is 5.10 Å². The number of aryl methyl sites for hydroxylation is 1. The lowest BCUT2D eigenvalue weighted by molar-refractivity contribution is -0.181. The number of nitrogens with zero attached hydrogens (tertiary/aromatic N) is 2. The molecule has 0 spiro atoms. The number of hydrogen-bond acceptors (Lipinski definition) is 5. The first-order valence-corrected chi connectivity index (χ1v) is 13.0. The minimum atomic E-state index is -1.55. The number of aliphatic hydroxyl groups excluding tert-OH is 2. The van der Waals surface area contributed by atoms with Crippen LogP contribution in [0.25, 0.3) is 11.8 Å². The zero-order chi connectivity index (χ0) is 24.8. The van der Waals surface area contributed by atoms with Gasteiger partial charge in [0.2, 0.25) is 0 Å². The molecule has 7 atom stereocenters. The summed E-state index contributed by atoms with van der Waals surface area (Å²) in [5, 5.41) is 37.4. The Kier molecular flexibility index (Phi) is 5.03. The summed E-state index contributed by atoms with van der Waals surface area (Å²) in [6, 6.07) is 8.39. The third-order valence-electron chi connectivity index (χ3n) is 10.4. The fourth-order valence-electron chi connectivity index (χ4n) is 8.74. The monoisotopic (exact) mass is 476 g/mol. The number of ketones is 1. The van der Waals surface area contributed by atoms with Crippen LogP contribution in [0.3, 0.4) is 0 Å². The van der Waals surface area contributed by atoms with E-state index in [0.717, 1.165) is 37.1 Å². The van der Waals surface area contributed by atoms with Crippen LogP contribution in [-0.2, 0) is 11.2 Å². The van der Waals surface area contributed by atoms with Gasteiger partial charge in [0.05, 0.1) is 23.7 Å². The van der Waals surface area contributed by atoms with E-state index in [0.29, 0.717) is 12.8 Å². The quantitative estimate of drug-likeness (QED) is 0.629. The van der Waals surface area contributed by atoms with E-state index < -0.39 is 29.5 Å². The number of carbonyl (C=O) groups is 1. The van der Waals surface area contributed by atoms with Crippen molar-refractivity contribution in [2.75, 3.05) is 6.61 Å². The van der Waals surface area contributed by atoms with Gasteiger partial charge in [-0.05, 0) is 98.0 Å². The average Bonchev–Trinajstić information content (AvgIpc) is 3.34. The zero-order valence-corrected chi connectivity index (χ0v) is 20.9. The molecule has 2 aromatic rings. The van der Waals surface area contributed by atoms with Crippen molar-refractivity contribution in [3.8, 4) is 5.69 Å². The van der Waals surface area contributed by atoms with Crippen molar-refractivity contribution in [3.63, 3.8) is 0 Å². The third kappa shape index (κ3) is 3.00. The molecule has 3 N–H and O–H groups in total.